The normalized spacial score (nSPS) is 18.4. The highest BCUT2D eigenvalue weighted by Gasteiger charge is 2.32. The summed E-state index contributed by atoms with van der Waals surface area (Å²) in [6, 6.07) is 9.86. The van der Waals surface area contributed by atoms with Crippen molar-refractivity contribution in [1.29, 1.82) is 0 Å². The summed E-state index contributed by atoms with van der Waals surface area (Å²) in [6.07, 6.45) is 7.17. The molecular formula is C27H39N7O2. The molecule has 2 fully saturated rings. The number of anilines is 1. The van der Waals surface area contributed by atoms with Gasteiger partial charge in [-0.05, 0) is 75.5 Å². The standard InChI is InChI=1S/C27H39N7O2/c1-2-36-18-13-31-32-26(24-5-3-4-11-29-24)22-9-16-34(17-10-22)27(35)23-7-14-33(15-8-23)20-21-6-12-30-25(28)19-21/h3-6,11-12,19,22-23,31H,2,7-10,13-18,20H2,1H3,(H2,28,30). The van der Waals surface area contributed by atoms with Crippen molar-refractivity contribution in [2.24, 2.45) is 16.9 Å². The molecule has 9 nitrogen and oxygen atoms in total. The third kappa shape index (κ3) is 7.24. The average Bonchev–Trinajstić information content (AvgIpc) is 2.91. The van der Waals surface area contributed by atoms with E-state index in [1.807, 2.05) is 37.3 Å². The number of amides is 1. The van der Waals surface area contributed by atoms with Crippen LogP contribution in [0, 0.1) is 11.8 Å². The molecule has 2 saturated heterocycles. The van der Waals surface area contributed by atoms with Crippen LogP contribution < -0.4 is 11.2 Å². The quantitative estimate of drug-likeness (QED) is 0.297. The highest BCUT2D eigenvalue weighted by Crippen LogP contribution is 2.26. The Morgan fingerprint density at radius 2 is 1.86 bits per heavy atom. The Hall–Kier alpha value is -3.04. The molecule has 9 heteroatoms. The fraction of sp³-hybridized carbons (Fsp3) is 0.556. The Balaban J connectivity index is 1.27. The second-order valence-corrected chi connectivity index (χ2v) is 9.56. The van der Waals surface area contributed by atoms with E-state index in [9.17, 15) is 4.79 Å². The molecule has 0 unspecified atom stereocenters. The number of nitrogens with one attached hydrogen (secondary N) is 1. The number of likely N-dealkylation sites (tertiary alicyclic amines) is 2. The first-order valence-electron chi connectivity index (χ1n) is 13.1. The maximum Gasteiger partial charge on any atom is 0.225 e. The number of carbonyl (C=O) groups excluding carboxylic acids is 1. The van der Waals surface area contributed by atoms with E-state index in [1.54, 1.807) is 12.4 Å². The zero-order valence-corrected chi connectivity index (χ0v) is 21.3. The third-order valence-electron chi connectivity index (χ3n) is 7.07. The fourth-order valence-corrected chi connectivity index (χ4v) is 5.10. The molecule has 0 aliphatic carbocycles. The van der Waals surface area contributed by atoms with E-state index in [0.717, 1.165) is 69.8 Å². The minimum Gasteiger partial charge on any atom is -0.384 e. The fourth-order valence-electron chi connectivity index (χ4n) is 5.10. The molecular weight excluding hydrogens is 454 g/mol. The van der Waals surface area contributed by atoms with Gasteiger partial charge in [0.25, 0.3) is 0 Å². The van der Waals surface area contributed by atoms with E-state index in [2.05, 4.69) is 25.2 Å². The number of nitrogens with zero attached hydrogens (tertiary/aromatic N) is 5. The first-order chi connectivity index (χ1) is 17.6. The molecule has 4 heterocycles. The molecule has 2 aromatic rings. The van der Waals surface area contributed by atoms with Crippen LogP contribution in [-0.4, -0.2) is 77.3 Å². The average molecular weight is 494 g/mol. The Labute approximate surface area is 214 Å². The summed E-state index contributed by atoms with van der Waals surface area (Å²) in [7, 11) is 0. The van der Waals surface area contributed by atoms with Gasteiger partial charge in [-0.1, -0.05) is 6.07 Å². The van der Waals surface area contributed by atoms with Crippen LogP contribution in [-0.2, 0) is 16.1 Å². The lowest BCUT2D eigenvalue weighted by atomic mass is 9.88. The molecule has 0 spiro atoms. The number of hydrogen-bond donors (Lipinski definition) is 2. The molecule has 36 heavy (non-hydrogen) atoms. The number of nitrogens with two attached hydrogens (primary N) is 1. The number of carbonyl (C=O) groups is 1. The second kappa shape index (κ2) is 13.3. The van der Waals surface area contributed by atoms with Gasteiger partial charge in [-0.2, -0.15) is 5.10 Å². The summed E-state index contributed by atoms with van der Waals surface area (Å²) in [4.78, 5) is 26.4. The summed E-state index contributed by atoms with van der Waals surface area (Å²) in [5.41, 5.74) is 12.0. The summed E-state index contributed by atoms with van der Waals surface area (Å²) < 4.78 is 5.40. The molecule has 0 aromatic carbocycles. The van der Waals surface area contributed by atoms with Gasteiger partial charge in [-0.3, -0.25) is 14.7 Å². The number of nitrogen functional groups attached to an aromatic ring is 1. The number of aromatic nitrogens is 2. The van der Waals surface area contributed by atoms with Crippen LogP contribution in [0.1, 0.15) is 43.9 Å². The van der Waals surface area contributed by atoms with E-state index < -0.39 is 0 Å². The van der Waals surface area contributed by atoms with Crippen LogP contribution in [0.25, 0.3) is 0 Å². The summed E-state index contributed by atoms with van der Waals surface area (Å²) >= 11 is 0. The van der Waals surface area contributed by atoms with Crippen molar-refractivity contribution in [3.8, 4) is 0 Å². The van der Waals surface area contributed by atoms with Crippen molar-refractivity contribution in [3.05, 3.63) is 54.0 Å². The van der Waals surface area contributed by atoms with Crippen LogP contribution in [0.2, 0.25) is 0 Å². The van der Waals surface area contributed by atoms with Gasteiger partial charge in [0.15, 0.2) is 0 Å². The molecule has 0 bridgehead atoms. The number of hydrazone groups is 1. The monoisotopic (exact) mass is 493 g/mol. The van der Waals surface area contributed by atoms with Gasteiger partial charge in [0, 0.05) is 50.5 Å². The van der Waals surface area contributed by atoms with Crippen molar-refractivity contribution < 1.29 is 9.53 Å². The number of pyridine rings is 2. The maximum atomic E-state index is 13.3. The van der Waals surface area contributed by atoms with Crippen molar-refractivity contribution in [2.45, 2.75) is 39.2 Å². The van der Waals surface area contributed by atoms with Crippen molar-refractivity contribution >= 4 is 17.4 Å². The van der Waals surface area contributed by atoms with Gasteiger partial charge >= 0.3 is 0 Å². The minimum atomic E-state index is 0.115. The number of piperidine rings is 2. The predicted octanol–water partition coefficient (Wildman–Crippen LogP) is 2.54. The zero-order valence-electron chi connectivity index (χ0n) is 21.3. The topological polar surface area (TPSA) is 109 Å². The van der Waals surface area contributed by atoms with Gasteiger partial charge in [0.1, 0.15) is 5.82 Å². The maximum absolute atomic E-state index is 13.3. The molecule has 2 aliphatic rings. The Morgan fingerprint density at radius 3 is 2.56 bits per heavy atom. The molecule has 0 atom stereocenters. The molecule has 2 aliphatic heterocycles. The Bertz CT molecular complexity index is 985. The summed E-state index contributed by atoms with van der Waals surface area (Å²) in [5, 5.41) is 4.70. The third-order valence-corrected chi connectivity index (χ3v) is 7.07. The van der Waals surface area contributed by atoms with E-state index >= 15 is 0 Å². The van der Waals surface area contributed by atoms with Gasteiger partial charge in [0.2, 0.25) is 5.91 Å². The number of ether oxygens (including phenoxy) is 1. The van der Waals surface area contributed by atoms with E-state index in [-0.39, 0.29) is 11.8 Å². The number of rotatable bonds is 10. The van der Waals surface area contributed by atoms with E-state index in [4.69, 9.17) is 15.6 Å². The largest absolute Gasteiger partial charge is 0.384 e. The van der Waals surface area contributed by atoms with Gasteiger partial charge in [-0.15, -0.1) is 0 Å². The SMILES string of the molecule is CCOCCNN=C(c1ccccn1)C1CCN(C(=O)C2CCN(Cc3ccnc(N)c3)CC2)CC1. The molecule has 2 aromatic heterocycles. The highest BCUT2D eigenvalue weighted by molar-refractivity contribution is 6.00. The molecule has 3 N–H and O–H groups in total. The van der Waals surface area contributed by atoms with Crippen molar-refractivity contribution in [3.63, 3.8) is 0 Å². The molecule has 0 radical (unpaired) electrons. The smallest absolute Gasteiger partial charge is 0.225 e. The van der Waals surface area contributed by atoms with Gasteiger partial charge in [-0.25, -0.2) is 4.98 Å². The van der Waals surface area contributed by atoms with Crippen LogP contribution in [0.3, 0.4) is 0 Å². The summed E-state index contributed by atoms with van der Waals surface area (Å²) in [6.45, 7) is 8.22. The van der Waals surface area contributed by atoms with Crippen molar-refractivity contribution in [2.75, 3.05) is 51.7 Å². The van der Waals surface area contributed by atoms with Crippen LogP contribution in [0.4, 0.5) is 5.82 Å². The van der Waals surface area contributed by atoms with Crippen molar-refractivity contribution in [1.82, 2.24) is 25.2 Å². The molecule has 4 rings (SSSR count). The first kappa shape index (κ1) is 26.0. The Morgan fingerprint density at radius 1 is 1.08 bits per heavy atom. The lowest BCUT2D eigenvalue weighted by Crippen LogP contribution is -2.46. The second-order valence-electron chi connectivity index (χ2n) is 9.56. The van der Waals surface area contributed by atoms with Crippen LogP contribution in [0.5, 0.6) is 0 Å². The summed E-state index contributed by atoms with van der Waals surface area (Å²) in [5.74, 6) is 1.26. The van der Waals surface area contributed by atoms with E-state index in [1.165, 1.54) is 5.56 Å². The molecule has 194 valence electrons. The molecule has 0 saturated carbocycles. The van der Waals surface area contributed by atoms with E-state index in [0.29, 0.717) is 31.5 Å². The predicted molar refractivity (Wildman–Crippen MR) is 141 cm³/mol. The van der Waals surface area contributed by atoms with Gasteiger partial charge < -0.3 is 20.8 Å². The lowest BCUT2D eigenvalue weighted by molar-refractivity contribution is -0.138. The lowest BCUT2D eigenvalue weighted by Gasteiger charge is -2.37. The Kier molecular flexibility index (Phi) is 9.63. The first-order valence-corrected chi connectivity index (χ1v) is 13.1. The highest BCUT2D eigenvalue weighted by atomic mass is 16.5. The van der Waals surface area contributed by atoms with Gasteiger partial charge in [0.05, 0.1) is 24.6 Å². The van der Waals surface area contributed by atoms with Crippen LogP contribution >= 0.6 is 0 Å². The van der Waals surface area contributed by atoms with Crippen LogP contribution in [0.15, 0.2) is 47.8 Å². The zero-order chi connectivity index (χ0) is 25.2. The molecule has 1 amide bonds. The number of hydrogen-bond acceptors (Lipinski definition) is 8. The minimum absolute atomic E-state index is 0.115.